The lowest BCUT2D eigenvalue weighted by molar-refractivity contribution is -0.160. The molecule has 0 aromatic carbocycles. The highest BCUT2D eigenvalue weighted by atomic mass is 16.6. The van der Waals surface area contributed by atoms with Crippen molar-refractivity contribution < 1.29 is 14.6 Å². The molecule has 1 fully saturated rings. The molecule has 1 N–H and O–H groups in total. The van der Waals surface area contributed by atoms with Crippen molar-refractivity contribution in [2.45, 2.75) is 52.2 Å². The molecule has 0 aliphatic heterocycles. The third-order valence-electron chi connectivity index (χ3n) is 2.58. The average Bonchev–Trinajstić information content (AvgIpc) is 2.28. The van der Waals surface area contributed by atoms with Crippen molar-refractivity contribution >= 4 is 5.97 Å². The van der Waals surface area contributed by atoms with Gasteiger partial charge < -0.3 is 9.84 Å². The summed E-state index contributed by atoms with van der Waals surface area (Å²) in [6.45, 7) is 7.55. The van der Waals surface area contributed by atoms with E-state index in [1.165, 1.54) is 0 Å². The predicted molar refractivity (Wildman–Crippen MR) is 53.7 cm³/mol. The summed E-state index contributed by atoms with van der Waals surface area (Å²) in [5.74, 6) is -0.0624. The van der Waals surface area contributed by atoms with Crippen LogP contribution in [0, 0.1) is 11.8 Å². The maximum atomic E-state index is 11.6. The summed E-state index contributed by atoms with van der Waals surface area (Å²) in [6.07, 6.45) is 0.958. The van der Waals surface area contributed by atoms with Crippen molar-refractivity contribution in [3.8, 4) is 0 Å². The highest BCUT2D eigenvalue weighted by Crippen LogP contribution is 2.32. The summed E-state index contributed by atoms with van der Waals surface area (Å²) < 4.78 is 5.27. The van der Waals surface area contributed by atoms with Crippen LogP contribution < -0.4 is 0 Å². The van der Waals surface area contributed by atoms with Gasteiger partial charge in [-0.1, -0.05) is 6.92 Å². The number of esters is 1. The standard InChI is InChI=1S/C11H20O3/c1-7-5-8(6-9(7)12)10(13)14-11(2,3)4/h7-9,12H,5-6H2,1-4H3/t7-,8+,9-/m0/s1. The first kappa shape index (κ1) is 11.5. The van der Waals surface area contributed by atoms with Gasteiger partial charge in [-0.15, -0.1) is 0 Å². The Hall–Kier alpha value is -0.570. The first-order valence-electron chi connectivity index (χ1n) is 5.20. The summed E-state index contributed by atoms with van der Waals surface area (Å²) >= 11 is 0. The maximum Gasteiger partial charge on any atom is 0.309 e. The van der Waals surface area contributed by atoms with Crippen LogP contribution in [0.1, 0.15) is 40.5 Å². The zero-order valence-electron chi connectivity index (χ0n) is 9.41. The summed E-state index contributed by atoms with van der Waals surface area (Å²) in [7, 11) is 0. The van der Waals surface area contributed by atoms with Gasteiger partial charge in [0.2, 0.25) is 0 Å². The molecule has 1 rings (SSSR count). The lowest BCUT2D eigenvalue weighted by atomic mass is 10.1. The molecule has 3 atom stereocenters. The van der Waals surface area contributed by atoms with E-state index >= 15 is 0 Å². The number of hydrogen-bond donors (Lipinski definition) is 1. The highest BCUT2D eigenvalue weighted by molar-refractivity contribution is 5.73. The van der Waals surface area contributed by atoms with E-state index in [0.717, 1.165) is 6.42 Å². The van der Waals surface area contributed by atoms with Crippen LogP contribution in [0.15, 0.2) is 0 Å². The number of carbonyl (C=O) groups is 1. The first-order chi connectivity index (χ1) is 6.29. The van der Waals surface area contributed by atoms with Crippen LogP contribution in [0.2, 0.25) is 0 Å². The number of ether oxygens (including phenoxy) is 1. The Morgan fingerprint density at radius 1 is 1.36 bits per heavy atom. The largest absolute Gasteiger partial charge is 0.460 e. The molecule has 0 spiro atoms. The van der Waals surface area contributed by atoms with Crippen LogP contribution in [0.3, 0.4) is 0 Å². The second-order valence-electron chi connectivity index (χ2n) is 5.25. The lowest BCUT2D eigenvalue weighted by Crippen LogP contribution is -2.28. The van der Waals surface area contributed by atoms with Crippen molar-refractivity contribution in [2.75, 3.05) is 0 Å². The van der Waals surface area contributed by atoms with E-state index in [4.69, 9.17) is 4.74 Å². The predicted octanol–water partition coefficient (Wildman–Crippen LogP) is 1.74. The monoisotopic (exact) mass is 200 g/mol. The van der Waals surface area contributed by atoms with E-state index in [0.29, 0.717) is 6.42 Å². The van der Waals surface area contributed by atoms with Gasteiger partial charge in [-0.3, -0.25) is 4.79 Å². The minimum atomic E-state index is -0.423. The lowest BCUT2D eigenvalue weighted by Gasteiger charge is -2.21. The molecule has 0 amide bonds. The summed E-state index contributed by atoms with van der Waals surface area (Å²) in [6, 6.07) is 0. The molecule has 0 aromatic rings. The second-order valence-corrected chi connectivity index (χ2v) is 5.25. The second kappa shape index (κ2) is 3.89. The van der Waals surface area contributed by atoms with E-state index < -0.39 is 5.60 Å². The minimum Gasteiger partial charge on any atom is -0.460 e. The molecule has 82 valence electrons. The molecule has 0 bridgehead atoms. The third-order valence-corrected chi connectivity index (χ3v) is 2.58. The zero-order chi connectivity index (χ0) is 10.9. The smallest absolute Gasteiger partial charge is 0.309 e. The molecule has 1 aliphatic carbocycles. The van der Waals surface area contributed by atoms with Crippen LogP contribution in [-0.2, 0) is 9.53 Å². The Kier molecular flexibility index (Phi) is 3.20. The third kappa shape index (κ3) is 2.98. The van der Waals surface area contributed by atoms with Gasteiger partial charge in [0.25, 0.3) is 0 Å². The van der Waals surface area contributed by atoms with Crippen molar-refractivity contribution in [2.24, 2.45) is 11.8 Å². The fourth-order valence-electron chi connectivity index (χ4n) is 1.80. The molecule has 0 saturated heterocycles. The number of rotatable bonds is 1. The van der Waals surface area contributed by atoms with Crippen molar-refractivity contribution in [3.05, 3.63) is 0 Å². The van der Waals surface area contributed by atoms with E-state index in [2.05, 4.69) is 0 Å². The maximum absolute atomic E-state index is 11.6. The van der Waals surface area contributed by atoms with Gasteiger partial charge in [-0.2, -0.15) is 0 Å². The summed E-state index contributed by atoms with van der Waals surface area (Å²) in [4.78, 5) is 11.6. The Bertz CT molecular complexity index is 207. The van der Waals surface area contributed by atoms with E-state index in [1.54, 1.807) is 0 Å². The fraction of sp³-hybridized carbons (Fsp3) is 0.909. The minimum absolute atomic E-state index is 0.112. The molecule has 3 nitrogen and oxygen atoms in total. The SMILES string of the molecule is C[C@H]1C[C@@H](C(=O)OC(C)(C)C)C[C@@H]1O. The molecule has 3 heteroatoms. The topological polar surface area (TPSA) is 46.5 Å². The molecule has 1 aliphatic rings. The van der Waals surface area contributed by atoms with Gasteiger partial charge in [0.05, 0.1) is 12.0 Å². The van der Waals surface area contributed by atoms with Crippen LogP contribution in [0.5, 0.6) is 0 Å². The van der Waals surface area contributed by atoms with Gasteiger partial charge in [0.1, 0.15) is 5.60 Å². The number of aliphatic hydroxyl groups is 1. The van der Waals surface area contributed by atoms with Crippen molar-refractivity contribution in [1.29, 1.82) is 0 Å². The van der Waals surface area contributed by atoms with Crippen molar-refractivity contribution in [3.63, 3.8) is 0 Å². The van der Waals surface area contributed by atoms with Gasteiger partial charge in [0.15, 0.2) is 0 Å². The van der Waals surface area contributed by atoms with Gasteiger partial charge in [-0.25, -0.2) is 0 Å². The van der Waals surface area contributed by atoms with Crippen molar-refractivity contribution in [1.82, 2.24) is 0 Å². The molecule has 0 radical (unpaired) electrons. The van der Waals surface area contributed by atoms with E-state index in [-0.39, 0.29) is 23.9 Å². The molecule has 14 heavy (non-hydrogen) atoms. The normalized spacial score (nSPS) is 33.1. The van der Waals surface area contributed by atoms with Crippen LogP contribution in [-0.4, -0.2) is 22.8 Å². The summed E-state index contributed by atoms with van der Waals surface area (Å²) in [5, 5.41) is 9.51. The quantitative estimate of drug-likeness (QED) is 0.656. The highest BCUT2D eigenvalue weighted by Gasteiger charge is 2.36. The first-order valence-corrected chi connectivity index (χ1v) is 5.20. The molecule has 0 heterocycles. The average molecular weight is 200 g/mol. The Labute approximate surface area is 85.5 Å². The van der Waals surface area contributed by atoms with E-state index in [9.17, 15) is 9.90 Å². The number of hydrogen-bond acceptors (Lipinski definition) is 3. The Balaban J connectivity index is 2.48. The van der Waals surface area contributed by atoms with Gasteiger partial charge >= 0.3 is 5.97 Å². The zero-order valence-corrected chi connectivity index (χ0v) is 9.41. The number of aliphatic hydroxyl groups excluding tert-OH is 1. The Morgan fingerprint density at radius 3 is 2.29 bits per heavy atom. The molecular weight excluding hydrogens is 180 g/mol. The molecule has 1 saturated carbocycles. The Morgan fingerprint density at radius 2 is 1.93 bits per heavy atom. The molecule has 0 unspecified atom stereocenters. The van der Waals surface area contributed by atoms with Crippen LogP contribution in [0.4, 0.5) is 0 Å². The summed E-state index contributed by atoms with van der Waals surface area (Å²) in [5.41, 5.74) is -0.423. The van der Waals surface area contributed by atoms with Gasteiger partial charge in [0, 0.05) is 0 Å². The molecule has 0 aromatic heterocycles. The van der Waals surface area contributed by atoms with E-state index in [1.807, 2.05) is 27.7 Å². The van der Waals surface area contributed by atoms with Crippen LogP contribution >= 0.6 is 0 Å². The van der Waals surface area contributed by atoms with Gasteiger partial charge in [-0.05, 0) is 39.5 Å². The molecular formula is C11H20O3. The van der Waals surface area contributed by atoms with Crippen LogP contribution in [0.25, 0.3) is 0 Å². The number of carbonyl (C=O) groups excluding carboxylic acids is 1. The fourth-order valence-corrected chi connectivity index (χ4v) is 1.80.